The molecular weight excluding hydrogens is 226 g/mol. The topological polar surface area (TPSA) is 12.4 Å². The molecule has 0 N–H and O–H groups in total. The fraction of sp³-hybridized carbons (Fsp3) is 0.364. The normalized spacial score (nSPS) is 9.77. The van der Waals surface area contributed by atoms with E-state index in [0.717, 1.165) is 18.7 Å². The summed E-state index contributed by atoms with van der Waals surface area (Å²) in [5.74, 6) is 0. The van der Waals surface area contributed by atoms with E-state index in [0.29, 0.717) is 0 Å². The minimum absolute atomic E-state index is 0.880. The molecule has 1 aromatic carbocycles. The van der Waals surface area contributed by atoms with E-state index < -0.39 is 0 Å². The van der Waals surface area contributed by atoms with Crippen molar-refractivity contribution in [1.82, 2.24) is 0 Å². The Labute approximate surface area is 88.0 Å². The van der Waals surface area contributed by atoms with Gasteiger partial charge in [0.15, 0.2) is 0 Å². The molecule has 1 nitrogen and oxygen atoms in total. The highest BCUT2D eigenvalue weighted by Gasteiger charge is 1.96. The van der Waals surface area contributed by atoms with E-state index in [9.17, 15) is 0 Å². The zero-order chi connectivity index (χ0) is 9.68. The molecular formula is C11H14BrN. The quantitative estimate of drug-likeness (QED) is 0.717. The number of hydrogen-bond acceptors (Lipinski definition) is 1. The molecule has 0 radical (unpaired) electrons. The Kier molecular flexibility index (Phi) is 4.16. The van der Waals surface area contributed by atoms with Gasteiger partial charge in [-0.15, -0.1) is 0 Å². The maximum absolute atomic E-state index is 4.36. The zero-order valence-electron chi connectivity index (χ0n) is 8.05. The Bertz CT molecular complexity index is 301. The van der Waals surface area contributed by atoms with Crippen LogP contribution in [0.3, 0.4) is 0 Å². The standard InChI is InChI=1S/C11H14BrN/c1-9(2)13-8-7-10-5-3-4-6-11(10)12/h3-6H,7-8H2,1-2H3. The van der Waals surface area contributed by atoms with Crippen molar-refractivity contribution < 1.29 is 0 Å². The Morgan fingerprint density at radius 3 is 2.62 bits per heavy atom. The predicted octanol–water partition coefficient (Wildman–Crippen LogP) is 3.47. The third kappa shape index (κ3) is 3.73. The Morgan fingerprint density at radius 2 is 2.00 bits per heavy atom. The van der Waals surface area contributed by atoms with Crippen LogP contribution in [0.1, 0.15) is 19.4 Å². The van der Waals surface area contributed by atoms with Crippen LogP contribution in [0, 0.1) is 0 Å². The average Bonchev–Trinajstić information content (AvgIpc) is 2.08. The molecule has 70 valence electrons. The molecule has 0 saturated heterocycles. The fourth-order valence-electron chi connectivity index (χ4n) is 1.10. The van der Waals surface area contributed by atoms with E-state index in [1.54, 1.807) is 0 Å². The van der Waals surface area contributed by atoms with E-state index in [1.165, 1.54) is 10.0 Å². The summed E-state index contributed by atoms with van der Waals surface area (Å²) < 4.78 is 1.18. The minimum Gasteiger partial charge on any atom is -0.294 e. The van der Waals surface area contributed by atoms with Gasteiger partial charge in [0, 0.05) is 16.7 Å². The number of halogens is 1. The van der Waals surface area contributed by atoms with Gasteiger partial charge in [0.1, 0.15) is 0 Å². The van der Waals surface area contributed by atoms with Crippen molar-refractivity contribution in [2.75, 3.05) is 6.54 Å². The van der Waals surface area contributed by atoms with E-state index in [2.05, 4.69) is 39.1 Å². The highest BCUT2D eigenvalue weighted by atomic mass is 79.9. The molecule has 2 heteroatoms. The second kappa shape index (κ2) is 5.18. The van der Waals surface area contributed by atoms with Gasteiger partial charge in [-0.3, -0.25) is 4.99 Å². The molecule has 1 aromatic rings. The zero-order valence-corrected chi connectivity index (χ0v) is 9.63. The second-order valence-corrected chi connectivity index (χ2v) is 4.02. The summed E-state index contributed by atoms with van der Waals surface area (Å²) in [6.07, 6.45) is 1.01. The predicted molar refractivity (Wildman–Crippen MR) is 61.5 cm³/mol. The second-order valence-electron chi connectivity index (χ2n) is 3.17. The van der Waals surface area contributed by atoms with Gasteiger partial charge in [0.25, 0.3) is 0 Å². The third-order valence-corrected chi connectivity index (χ3v) is 2.54. The molecule has 0 aromatic heterocycles. The van der Waals surface area contributed by atoms with Crippen molar-refractivity contribution in [3.05, 3.63) is 34.3 Å². The summed E-state index contributed by atoms with van der Waals surface area (Å²) in [5, 5.41) is 0. The molecule has 0 fully saturated rings. The van der Waals surface area contributed by atoms with Crippen LogP contribution in [0.25, 0.3) is 0 Å². The van der Waals surface area contributed by atoms with Crippen LogP contribution < -0.4 is 0 Å². The average molecular weight is 240 g/mol. The molecule has 0 aliphatic carbocycles. The van der Waals surface area contributed by atoms with E-state index in [-0.39, 0.29) is 0 Å². The Hall–Kier alpha value is -0.630. The van der Waals surface area contributed by atoms with Crippen LogP contribution in [0.4, 0.5) is 0 Å². The lowest BCUT2D eigenvalue weighted by Crippen LogP contribution is -1.93. The monoisotopic (exact) mass is 239 g/mol. The number of benzene rings is 1. The first-order valence-electron chi connectivity index (χ1n) is 4.41. The number of aliphatic imine (C=N–C) groups is 1. The van der Waals surface area contributed by atoms with Crippen LogP contribution >= 0.6 is 15.9 Å². The molecule has 0 aliphatic rings. The lowest BCUT2D eigenvalue weighted by atomic mass is 10.1. The smallest absolute Gasteiger partial charge is 0.0429 e. The van der Waals surface area contributed by atoms with E-state index >= 15 is 0 Å². The molecule has 0 bridgehead atoms. The van der Waals surface area contributed by atoms with Crippen LogP contribution in [0.5, 0.6) is 0 Å². The molecule has 0 spiro atoms. The molecule has 0 heterocycles. The Balaban J connectivity index is 2.55. The van der Waals surface area contributed by atoms with Gasteiger partial charge >= 0.3 is 0 Å². The van der Waals surface area contributed by atoms with E-state index in [4.69, 9.17) is 0 Å². The van der Waals surface area contributed by atoms with Crippen molar-refractivity contribution >= 4 is 21.6 Å². The summed E-state index contributed by atoms with van der Waals surface area (Å²) in [4.78, 5) is 4.36. The molecule has 0 saturated carbocycles. The third-order valence-electron chi connectivity index (χ3n) is 1.77. The van der Waals surface area contributed by atoms with Crippen LogP contribution in [0.2, 0.25) is 0 Å². The molecule has 0 atom stereocenters. The SMILES string of the molecule is CC(C)=NCCc1ccccc1Br. The first kappa shape index (κ1) is 10.5. The lowest BCUT2D eigenvalue weighted by Gasteiger charge is -2.01. The summed E-state index contributed by atoms with van der Waals surface area (Å²) in [6, 6.07) is 8.28. The summed E-state index contributed by atoms with van der Waals surface area (Å²) in [5.41, 5.74) is 2.47. The number of hydrogen-bond donors (Lipinski definition) is 0. The van der Waals surface area contributed by atoms with Crippen LogP contribution in [-0.4, -0.2) is 12.3 Å². The Morgan fingerprint density at radius 1 is 1.31 bits per heavy atom. The van der Waals surface area contributed by atoms with Crippen LogP contribution in [-0.2, 0) is 6.42 Å². The summed E-state index contributed by atoms with van der Waals surface area (Å²) in [6.45, 7) is 4.94. The number of rotatable bonds is 3. The molecule has 0 aliphatic heterocycles. The highest BCUT2D eigenvalue weighted by molar-refractivity contribution is 9.10. The first-order chi connectivity index (χ1) is 6.20. The summed E-state index contributed by atoms with van der Waals surface area (Å²) in [7, 11) is 0. The molecule has 13 heavy (non-hydrogen) atoms. The van der Waals surface area contributed by atoms with Gasteiger partial charge in [0.05, 0.1) is 0 Å². The first-order valence-corrected chi connectivity index (χ1v) is 5.20. The molecule has 0 unspecified atom stereocenters. The minimum atomic E-state index is 0.880. The number of nitrogens with zero attached hydrogens (tertiary/aromatic N) is 1. The van der Waals surface area contributed by atoms with Crippen LogP contribution in [0.15, 0.2) is 33.7 Å². The summed E-state index contributed by atoms with van der Waals surface area (Å²) >= 11 is 3.52. The van der Waals surface area contributed by atoms with Gasteiger partial charge in [-0.25, -0.2) is 0 Å². The van der Waals surface area contributed by atoms with Gasteiger partial charge in [-0.1, -0.05) is 34.1 Å². The van der Waals surface area contributed by atoms with Crippen molar-refractivity contribution in [3.8, 4) is 0 Å². The lowest BCUT2D eigenvalue weighted by molar-refractivity contribution is 0.960. The largest absolute Gasteiger partial charge is 0.294 e. The van der Waals surface area contributed by atoms with Crippen molar-refractivity contribution in [1.29, 1.82) is 0 Å². The molecule has 1 rings (SSSR count). The fourth-order valence-corrected chi connectivity index (χ4v) is 1.58. The van der Waals surface area contributed by atoms with Gasteiger partial charge in [-0.05, 0) is 31.9 Å². The maximum Gasteiger partial charge on any atom is 0.0429 e. The van der Waals surface area contributed by atoms with E-state index in [1.807, 2.05) is 19.9 Å². The van der Waals surface area contributed by atoms with Gasteiger partial charge in [-0.2, -0.15) is 0 Å². The van der Waals surface area contributed by atoms with Crippen molar-refractivity contribution in [3.63, 3.8) is 0 Å². The molecule has 0 amide bonds. The van der Waals surface area contributed by atoms with Gasteiger partial charge in [0.2, 0.25) is 0 Å². The van der Waals surface area contributed by atoms with Gasteiger partial charge < -0.3 is 0 Å². The maximum atomic E-state index is 4.36. The van der Waals surface area contributed by atoms with Crippen molar-refractivity contribution in [2.24, 2.45) is 4.99 Å². The van der Waals surface area contributed by atoms with Crippen molar-refractivity contribution in [2.45, 2.75) is 20.3 Å². The highest BCUT2D eigenvalue weighted by Crippen LogP contribution is 2.16.